The second-order valence-corrected chi connectivity index (χ2v) is 3.88. The summed E-state index contributed by atoms with van der Waals surface area (Å²) in [5, 5.41) is 0. The number of benzene rings is 1. The van der Waals surface area contributed by atoms with Crippen LogP contribution in [0, 0.1) is 6.67 Å². The lowest BCUT2D eigenvalue weighted by molar-refractivity contribution is 0.464. The van der Waals surface area contributed by atoms with Gasteiger partial charge in [-0.2, -0.15) is 0 Å². The van der Waals surface area contributed by atoms with Crippen LogP contribution in [-0.2, 0) is 0 Å². The molecule has 0 saturated heterocycles. The topological polar surface area (TPSA) is 6.48 Å². The van der Waals surface area contributed by atoms with Crippen LogP contribution < -0.4 is 0 Å². The van der Waals surface area contributed by atoms with Crippen LogP contribution in [0.15, 0.2) is 60.5 Å². The van der Waals surface area contributed by atoms with Gasteiger partial charge in [0, 0.05) is 13.2 Å². The highest BCUT2D eigenvalue weighted by Gasteiger charge is 2.24. The van der Waals surface area contributed by atoms with Crippen LogP contribution >= 0.6 is 0 Å². The first-order valence-corrected chi connectivity index (χ1v) is 5.29. The number of hydrogen-bond acceptors (Lipinski definition) is 2. The molecule has 0 unspecified atom stereocenters. The first-order valence-electron chi connectivity index (χ1n) is 5.29. The van der Waals surface area contributed by atoms with Gasteiger partial charge in [-0.1, -0.05) is 36.4 Å². The molecule has 1 aromatic carbocycles. The van der Waals surface area contributed by atoms with Gasteiger partial charge in [0.15, 0.2) is 0 Å². The van der Waals surface area contributed by atoms with Crippen LogP contribution in [0.5, 0.6) is 0 Å². The molecule has 0 aromatic heterocycles. The van der Waals surface area contributed by atoms with Crippen LogP contribution in [0.2, 0.25) is 0 Å². The van der Waals surface area contributed by atoms with E-state index < -0.39 is 0 Å². The molecule has 0 saturated carbocycles. The molecule has 0 N–H and O–H groups in total. The minimum absolute atomic E-state index is 1.16. The van der Waals surface area contributed by atoms with E-state index in [-0.39, 0.29) is 0 Å². The number of nitrogens with zero attached hydrogens (tertiary/aromatic N) is 2. The Morgan fingerprint density at radius 2 is 1.94 bits per heavy atom. The molecular formula is C14H12N2. The van der Waals surface area contributed by atoms with Gasteiger partial charge in [-0.05, 0) is 17.7 Å². The average molecular weight is 208 g/mol. The summed E-state index contributed by atoms with van der Waals surface area (Å²) in [6.07, 6.45) is 8.33. The minimum atomic E-state index is 1.16. The molecule has 0 amide bonds. The van der Waals surface area contributed by atoms with E-state index >= 15 is 0 Å². The first-order chi connectivity index (χ1) is 7.84. The van der Waals surface area contributed by atoms with Gasteiger partial charge in [-0.15, -0.1) is 0 Å². The van der Waals surface area contributed by atoms with Crippen LogP contribution in [0.4, 0.5) is 0 Å². The highest BCUT2D eigenvalue weighted by molar-refractivity contribution is 5.70. The molecule has 2 heterocycles. The third kappa shape index (κ3) is 1.43. The van der Waals surface area contributed by atoms with E-state index in [2.05, 4.69) is 60.3 Å². The van der Waals surface area contributed by atoms with Crippen molar-refractivity contribution in [3.63, 3.8) is 0 Å². The van der Waals surface area contributed by atoms with Crippen molar-refractivity contribution in [1.82, 2.24) is 9.80 Å². The molecule has 2 radical (unpaired) electrons. The average Bonchev–Trinajstić information content (AvgIpc) is 2.70. The summed E-state index contributed by atoms with van der Waals surface area (Å²) >= 11 is 0. The van der Waals surface area contributed by atoms with Crippen molar-refractivity contribution in [3.8, 4) is 0 Å². The Morgan fingerprint density at radius 3 is 2.75 bits per heavy atom. The van der Waals surface area contributed by atoms with Crippen molar-refractivity contribution in [3.05, 3.63) is 72.7 Å². The van der Waals surface area contributed by atoms with E-state index in [4.69, 9.17) is 0 Å². The summed E-state index contributed by atoms with van der Waals surface area (Å²) in [5.41, 5.74) is 3.53. The van der Waals surface area contributed by atoms with Crippen molar-refractivity contribution in [2.24, 2.45) is 0 Å². The van der Waals surface area contributed by atoms with E-state index in [0.29, 0.717) is 0 Å². The molecule has 16 heavy (non-hydrogen) atoms. The third-order valence-electron chi connectivity index (χ3n) is 2.67. The smallest absolute Gasteiger partial charge is 0.213 e. The van der Waals surface area contributed by atoms with E-state index in [1.54, 1.807) is 0 Å². The minimum Gasteiger partial charge on any atom is -0.348 e. The van der Waals surface area contributed by atoms with Gasteiger partial charge in [0.05, 0.1) is 11.4 Å². The van der Waals surface area contributed by atoms with Gasteiger partial charge in [-0.25, -0.2) is 0 Å². The maximum Gasteiger partial charge on any atom is 0.213 e. The predicted molar refractivity (Wildman–Crippen MR) is 64.5 cm³/mol. The lowest BCUT2D eigenvalue weighted by Crippen LogP contribution is -2.19. The van der Waals surface area contributed by atoms with E-state index in [1.807, 2.05) is 18.0 Å². The standard InChI is InChI=1S/C14H12N2/c1-15-10-13-8-5-9-14(16(13)11-15)12-6-3-2-4-7-12/h2-10H,1H3. The maximum atomic E-state index is 3.26. The number of fused-ring (bicyclic) bond motifs is 1. The highest BCUT2D eigenvalue weighted by atomic mass is 15.3. The summed E-state index contributed by atoms with van der Waals surface area (Å²) in [6, 6.07) is 10.4. The fourth-order valence-corrected chi connectivity index (χ4v) is 1.96. The van der Waals surface area contributed by atoms with Crippen molar-refractivity contribution in [2.75, 3.05) is 7.05 Å². The van der Waals surface area contributed by atoms with Gasteiger partial charge < -0.3 is 9.80 Å². The Hall–Kier alpha value is -1.96. The summed E-state index contributed by atoms with van der Waals surface area (Å²) in [4.78, 5) is 4.02. The molecular weight excluding hydrogens is 196 g/mol. The lowest BCUT2D eigenvalue weighted by Gasteiger charge is -2.24. The van der Waals surface area contributed by atoms with Crippen LogP contribution in [0.3, 0.4) is 0 Å². The normalized spacial score (nSPS) is 18.3. The van der Waals surface area contributed by atoms with Crippen LogP contribution in [0.1, 0.15) is 5.56 Å². The fourth-order valence-electron chi connectivity index (χ4n) is 1.96. The van der Waals surface area contributed by atoms with Gasteiger partial charge in [-0.3, -0.25) is 0 Å². The van der Waals surface area contributed by atoms with Gasteiger partial charge in [0.1, 0.15) is 0 Å². The van der Waals surface area contributed by atoms with Crippen LogP contribution in [-0.4, -0.2) is 16.8 Å². The third-order valence-corrected chi connectivity index (χ3v) is 2.67. The van der Waals surface area contributed by atoms with E-state index in [0.717, 1.165) is 5.70 Å². The Kier molecular flexibility index (Phi) is 2.07. The molecule has 2 aliphatic heterocycles. The molecule has 2 nitrogen and oxygen atoms in total. The number of hydrogen-bond donors (Lipinski definition) is 0. The fraction of sp³-hybridized carbons (Fsp3) is 0.0714. The van der Waals surface area contributed by atoms with Gasteiger partial charge in [0.2, 0.25) is 6.67 Å². The summed E-state index contributed by atoms with van der Waals surface area (Å²) < 4.78 is 0. The summed E-state index contributed by atoms with van der Waals surface area (Å²) in [6.45, 7) is 3.26. The SMILES string of the molecule is CN1[C]N2C(=C1)C=CC=C2c1ccccc1. The first kappa shape index (κ1) is 9.28. The van der Waals surface area contributed by atoms with Crippen molar-refractivity contribution < 1.29 is 0 Å². The van der Waals surface area contributed by atoms with Gasteiger partial charge >= 0.3 is 0 Å². The Balaban J connectivity index is 2.01. The van der Waals surface area contributed by atoms with Crippen molar-refractivity contribution in [1.29, 1.82) is 0 Å². The van der Waals surface area contributed by atoms with Gasteiger partial charge in [0.25, 0.3) is 0 Å². The van der Waals surface area contributed by atoms with Crippen molar-refractivity contribution in [2.45, 2.75) is 0 Å². The summed E-state index contributed by atoms with van der Waals surface area (Å²) in [5.74, 6) is 0. The Bertz CT molecular complexity index is 483. The Morgan fingerprint density at radius 1 is 1.12 bits per heavy atom. The second-order valence-electron chi connectivity index (χ2n) is 3.88. The molecule has 0 aliphatic carbocycles. The second kappa shape index (κ2) is 3.56. The largest absolute Gasteiger partial charge is 0.348 e. The van der Waals surface area contributed by atoms with E-state index in [9.17, 15) is 0 Å². The zero-order valence-corrected chi connectivity index (χ0v) is 9.09. The van der Waals surface area contributed by atoms with E-state index in [1.165, 1.54) is 11.3 Å². The van der Waals surface area contributed by atoms with Crippen molar-refractivity contribution >= 4 is 5.70 Å². The molecule has 0 atom stereocenters. The van der Waals surface area contributed by atoms with Crippen LogP contribution in [0.25, 0.3) is 5.70 Å². The molecule has 2 aliphatic rings. The predicted octanol–water partition coefficient (Wildman–Crippen LogP) is 2.68. The molecule has 78 valence electrons. The highest BCUT2D eigenvalue weighted by Crippen LogP contribution is 2.32. The molecule has 3 rings (SSSR count). The molecule has 1 aromatic rings. The maximum absolute atomic E-state index is 3.26. The monoisotopic (exact) mass is 208 g/mol. The lowest BCUT2D eigenvalue weighted by atomic mass is 10.1. The zero-order chi connectivity index (χ0) is 11.0. The zero-order valence-electron chi connectivity index (χ0n) is 9.09. The molecule has 0 fully saturated rings. The summed E-state index contributed by atoms with van der Waals surface area (Å²) in [7, 11) is 1.99. The molecule has 2 heteroatoms. The quantitative estimate of drug-likeness (QED) is 0.700. The number of allylic oxidation sites excluding steroid dienone is 3. The Labute approximate surface area is 95.8 Å². The molecule has 0 bridgehead atoms. The molecule has 0 spiro atoms. The number of rotatable bonds is 1.